The van der Waals surface area contributed by atoms with Crippen molar-refractivity contribution in [1.29, 1.82) is 0 Å². The van der Waals surface area contributed by atoms with Crippen LogP contribution in [0.2, 0.25) is 0 Å². The van der Waals surface area contributed by atoms with E-state index in [4.69, 9.17) is 0 Å². The first-order chi connectivity index (χ1) is 8.81. The number of carbonyl (C=O) groups excluding carboxylic acids is 1. The Hall–Kier alpha value is -1.83. The van der Waals surface area contributed by atoms with Crippen LogP contribution in [0.3, 0.4) is 0 Å². The zero-order valence-electron chi connectivity index (χ0n) is 10.1. The van der Waals surface area contributed by atoms with E-state index in [2.05, 4.69) is 23.5 Å². The number of allylic oxidation sites excluding steroid dienone is 3. The maximum Gasteiger partial charge on any atom is 0.256 e. The summed E-state index contributed by atoms with van der Waals surface area (Å²) in [5.74, 6) is 2.01. The molecule has 1 aromatic carbocycles. The van der Waals surface area contributed by atoms with Gasteiger partial charge in [0.25, 0.3) is 5.91 Å². The number of benzene rings is 1. The van der Waals surface area contributed by atoms with E-state index in [1.807, 2.05) is 24.3 Å². The molecule has 2 nitrogen and oxygen atoms in total. The van der Waals surface area contributed by atoms with Crippen LogP contribution in [0.1, 0.15) is 18.4 Å². The number of nitrogens with one attached hydrogen (secondary N) is 1. The minimum Gasteiger partial charge on any atom is -0.321 e. The van der Waals surface area contributed by atoms with E-state index in [0.29, 0.717) is 11.8 Å². The van der Waals surface area contributed by atoms with E-state index in [9.17, 15) is 4.79 Å². The average molecular weight is 237 g/mol. The molecule has 90 valence electrons. The predicted octanol–water partition coefficient (Wildman–Crippen LogP) is 3.23. The lowest BCUT2D eigenvalue weighted by molar-refractivity contribution is -0.110. The summed E-state index contributed by atoms with van der Waals surface area (Å²) in [7, 11) is 0. The average Bonchev–Trinajstić information content (AvgIpc) is 3.05. The second-order valence-corrected chi connectivity index (χ2v) is 5.52. The van der Waals surface area contributed by atoms with Crippen LogP contribution in [0.5, 0.6) is 0 Å². The third kappa shape index (κ3) is 1.38. The highest BCUT2D eigenvalue weighted by molar-refractivity contribution is 6.31. The molecule has 0 aromatic heterocycles. The summed E-state index contributed by atoms with van der Waals surface area (Å²) >= 11 is 0. The molecule has 2 aliphatic carbocycles. The van der Waals surface area contributed by atoms with Crippen molar-refractivity contribution in [2.75, 3.05) is 5.32 Å². The van der Waals surface area contributed by atoms with E-state index >= 15 is 0 Å². The Morgan fingerprint density at radius 1 is 1.17 bits per heavy atom. The first-order valence-corrected chi connectivity index (χ1v) is 6.62. The van der Waals surface area contributed by atoms with Crippen molar-refractivity contribution < 1.29 is 4.79 Å². The van der Waals surface area contributed by atoms with Gasteiger partial charge in [0.15, 0.2) is 0 Å². The molecule has 2 bridgehead atoms. The van der Waals surface area contributed by atoms with Gasteiger partial charge >= 0.3 is 0 Å². The maximum atomic E-state index is 12.0. The second-order valence-electron chi connectivity index (χ2n) is 5.52. The minimum atomic E-state index is 0.0583. The van der Waals surface area contributed by atoms with Gasteiger partial charge in [0, 0.05) is 16.8 Å². The largest absolute Gasteiger partial charge is 0.321 e. The van der Waals surface area contributed by atoms with Crippen molar-refractivity contribution in [2.45, 2.75) is 12.8 Å². The summed E-state index contributed by atoms with van der Waals surface area (Å²) in [5, 5.41) is 2.94. The highest BCUT2D eigenvalue weighted by Crippen LogP contribution is 2.45. The molecule has 4 rings (SSSR count). The van der Waals surface area contributed by atoms with Crippen molar-refractivity contribution in [2.24, 2.45) is 17.8 Å². The van der Waals surface area contributed by atoms with Gasteiger partial charge in [-0.25, -0.2) is 0 Å². The van der Waals surface area contributed by atoms with Crippen LogP contribution in [0.4, 0.5) is 5.69 Å². The Kier molecular flexibility index (Phi) is 2.01. The molecule has 3 aliphatic rings. The topological polar surface area (TPSA) is 29.1 Å². The second kappa shape index (κ2) is 3.58. The van der Waals surface area contributed by atoms with Crippen molar-refractivity contribution in [3.05, 3.63) is 48.1 Å². The molecule has 0 unspecified atom stereocenters. The predicted molar refractivity (Wildman–Crippen MR) is 71.9 cm³/mol. The van der Waals surface area contributed by atoms with Crippen LogP contribution in [0.15, 0.2) is 42.5 Å². The Balaban J connectivity index is 1.73. The Labute approximate surface area is 106 Å². The smallest absolute Gasteiger partial charge is 0.256 e. The summed E-state index contributed by atoms with van der Waals surface area (Å²) in [4.78, 5) is 12.0. The molecule has 1 N–H and O–H groups in total. The lowest BCUT2D eigenvalue weighted by Gasteiger charge is -2.14. The van der Waals surface area contributed by atoms with E-state index in [1.54, 1.807) is 0 Å². The van der Waals surface area contributed by atoms with Gasteiger partial charge in [-0.2, -0.15) is 0 Å². The van der Waals surface area contributed by atoms with Crippen molar-refractivity contribution in [3.8, 4) is 0 Å². The summed E-state index contributed by atoms with van der Waals surface area (Å²) in [6.07, 6.45) is 9.35. The maximum absolute atomic E-state index is 12.0. The monoisotopic (exact) mass is 237 g/mol. The zero-order chi connectivity index (χ0) is 12.1. The normalized spacial score (nSPS) is 34.1. The highest BCUT2D eigenvalue weighted by atomic mass is 16.2. The quantitative estimate of drug-likeness (QED) is 0.589. The summed E-state index contributed by atoms with van der Waals surface area (Å²) in [5.41, 5.74) is 2.89. The minimum absolute atomic E-state index is 0.0583. The molecule has 1 heterocycles. The molecule has 0 spiro atoms. The standard InChI is InChI=1S/C16H15NO/c18-16-14(13-3-1-2-4-15(13)17-16)9-12-8-10-5-6-11(12)7-10/h1-6,9-12H,7-8H2,(H,17,18)/t10-,11+,12+/m1/s1. The van der Waals surface area contributed by atoms with E-state index in [1.165, 1.54) is 12.8 Å². The van der Waals surface area contributed by atoms with E-state index < -0.39 is 0 Å². The number of hydrogen-bond donors (Lipinski definition) is 1. The fourth-order valence-electron chi connectivity index (χ4n) is 3.53. The Morgan fingerprint density at radius 2 is 2.06 bits per heavy atom. The summed E-state index contributed by atoms with van der Waals surface area (Å²) < 4.78 is 0. The number of amides is 1. The molecule has 1 amide bonds. The lowest BCUT2D eigenvalue weighted by atomic mass is 9.90. The number of fused-ring (bicyclic) bond motifs is 3. The van der Waals surface area contributed by atoms with Gasteiger partial charge in [-0.1, -0.05) is 36.4 Å². The molecule has 1 saturated carbocycles. The Morgan fingerprint density at radius 3 is 2.83 bits per heavy atom. The van der Waals surface area contributed by atoms with Gasteiger partial charge in [0.1, 0.15) is 0 Å². The first-order valence-electron chi connectivity index (χ1n) is 6.62. The zero-order valence-corrected chi connectivity index (χ0v) is 10.1. The van der Waals surface area contributed by atoms with Crippen LogP contribution in [0, 0.1) is 17.8 Å². The van der Waals surface area contributed by atoms with Crippen LogP contribution in [-0.2, 0) is 4.79 Å². The van der Waals surface area contributed by atoms with Gasteiger partial charge in [-0.15, -0.1) is 0 Å². The van der Waals surface area contributed by atoms with Crippen LogP contribution >= 0.6 is 0 Å². The Bertz CT molecular complexity index is 585. The summed E-state index contributed by atoms with van der Waals surface area (Å²) in [6.45, 7) is 0. The fraction of sp³-hybridized carbons (Fsp3) is 0.312. The third-order valence-electron chi connectivity index (χ3n) is 4.42. The van der Waals surface area contributed by atoms with Gasteiger partial charge < -0.3 is 5.32 Å². The molecule has 18 heavy (non-hydrogen) atoms. The van der Waals surface area contributed by atoms with Gasteiger partial charge in [0.05, 0.1) is 0 Å². The SMILES string of the molecule is O=C1Nc2ccccc2C1=C[C@@H]1C[C@@H]2C=C[C@H]1C2. The van der Waals surface area contributed by atoms with E-state index in [-0.39, 0.29) is 5.91 Å². The molecule has 1 aliphatic heterocycles. The molecule has 0 radical (unpaired) electrons. The molecule has 3 atom stereocenters. The third-order valence-corrected chi connectivity index (χ3v) is 4.42. The van der Waals surface area contributed by atoms with E-state index in [0.717, 1.165) is 22.7 Å². The number of hydrogen-bond acceptors (Lipinski definition) is 1. The van der Waals surface area contributed by atoms with Gasteiger partial charge in [0.2, 0.25) is 0 Å². The molecular weight excluding hydrogens is 222 g/mol. The van der Waals surface area contributed by atoms with Crippen LogP contribution in [-0.4, -0.2) is 5.91 Å². The number of rotatable bonds is 1. The molecular formula is C16H15NO. The molecule has 0 saturated heterocycles. The van der Waals surface area contributed by atoms with Crippen molar-refractivity contribution in [1.82, 2.24) is 0 Å². The van der Waals surface area contributed by atoms with Crippen molar-refractivity contribution >= 4 is 17.2 Å². The van der Waals surface area contributed by atoms with Gasteiger partial charge in [-0.3, -0.25) is 4.79 Å². The van der Waals surface area contributed by atoms with Crippen LogP contribution in [0.25, 0.3) is 5.57 Å². The fourth-order valence-corrected chi connectivity index (χ4v) is 3.53. The highest BCUT2D eigenvalue weighted by Gasteiger charge is 2.36. The summed E-state index contributed by atoms with van der Waals surface area (Å²) in [6, 6.07) is 7.95. The molecule has 2 heteroatoms. The number of anilines is 1. The van der Waals surface area contributed by atoms with Gasteiger partial charge in [-0.05, 0) is 36.7 Å². The van der Waals surface area contributed by atoms with Crippen molar-refractivity contribution in [3.63, 3.8) is 0 Å². The number of para-hydroxylation sites is 1. The number of carbonyl (C=O) groups is 1. The molecule has 1 aromatic rings. The van der Waals surface area contributed by atoms with Crippen LogP contribution < -0.4 is 5.32 Å². The molecule has 1 fully saturated rings. The lowest BCUT2D eigenvalue weighted by Crippen LogP contribution is -2.08. The first kappa shape index (κ1) is 10.1.